The Labute approximate surface area is 163 Å². The maximum Gasteiger partial charge on any atom is 0.277 e. The lowest BCUT2D eigenvalue weighted by Gasteiger charge is -2.00. The molecular weight excluding hydrogens is 384 g/mol. The molecule has 4 rings (SSSR count). The summed E-state index contributed by atoms with van der Waals surface area (Å²) >= 11 is 2.89. The van der Waals surface area contributed by atoms with Crippen LogP contribution in [-0.4, -0.2) is 26.8 Å². The molecule has 7 nitrogen and oxygen atoms in total. The van der Waals surface area contributed by atoms with E-state index in [1.54, 1.807) is 23.7 Å². The number of carbonyl (C=O) groups excluding carboxylic acids is 1. The predicted octanol–water partition coefficient (Wildman–Crippen LogP) is 3.47. The Bertz CT molecular complexity index is 993. The highest BCUT2D eigenvalue weighted by Gasteiger charge is 2.11. The van der Waals surface area contributed by atoms with Gasteiger partial charge in [0, 0.05) is 12.8 Å². The van der Waals surface area contributed by atoms with Gasteiger partial charge < -0.3 is 14.2 Å². The van der Waals surface area contributed by atoms with E-state index in [1.165, 1.54) is 16.5 Å². The molecule has 4 aromatic rings. The van der Waals surface area contributed by atoms with Crippen molar-refractivity contribution in [2.45, 2.75) is 24.6 Å². The molecule has 0 spiro atoms. The van der Waals surface area contributed by atoms with E-state index in [0.29, 0.717) is 29.8 Å². The number of hydrogen-bond donors (Lipinski definition) is 1. The van der Waals surface area contributed by atoms with E-state index in [1.807, 2.05) is 24.3 Å². The van der Waals surface area contributed by atoms with Gasteiger partial charge in [-0.2, -0.15) is 0 Å². The first-order valence-corrected chi connectivity index (χ1v) is 10.2. The van der Waals surface area contributed by atoms with Crippen LogP contribution in [0.1, 0.15) is 16.7 Å². The van der Waals surface area contributed by atoms with E-state index in [4.69, 9.17) is 8.83 Å². The minimum absolute atomic E-state index is 0.120. The van der Waals surface area contributed by atoms with E-state index in [0.717, 1.165) is 16.9 Å². The van der Waals surface area contributed by atoms with Crippen LogP contribution in [0.25, 0.3) is 10.2 Å². The third-order valence-corrected chi connectivity index (χ3v) is 5.62. The molecule has 0 fully saturated rings. The second-order valence-corrected chi connectivity index (χ2v) is 7.72. The molecule has 0 aliphatic rings. The molecule has 0 radical (unpaired) electrons. The number of aromatic nitrogens is 3. The zero-order valence-electron chi connectivity index (χ0n) is 14.3. The van der Waals surface area contributed by atoms with Crippen LogP contribution in [0.2, 0.25) is 0 Å². The Morgan fingerprint density at radius 2 is 2.07 bits per heavy atom. The molecule has 9 heteroatoms. The van der Waals surface area contributed by atoms with Crippen LogP contribution in [0.15, 0.2) is 56.7 Å². The largest absolute Gasteiger partial charge is 0.467 e. The Morgan fingerprint density at radius 1 is 1.15 bits per heavy atom. The summed E-state index contributed by atoms with van der Waals surface area (Å²) in [4.78, 5) is 16.4. The monoisotopic (exact) mass is 400 g/mol. The number of furan rings is 1. The van der Waals surface area contributed by atoms with Crippen LogP contribution in [0.4, 0.5) is 0 Å². The van der Waals surface area contributed by atoms with Crippen molar-refractivity contribution in [2.24, 2.45) is 0 Å². The molecule has 1 amide bonds. The maximum atomic E-state index is 11.8. The summed E-state index contributed by atoms with van der Waals surface area (Å²) < 4.78 is 11.9. The molecule has 0 saturated heterocycles. The van der Waals surface area contributed by atoms with E-state index in [2.05, 4.69) is 26.6 Å². The molecule has 1 aromatic carbocycles. The summed E-state index contributed by atoms with van der Waals surface area (Å²) in [5, 5.41) is 12.2. The lowest BCUT2D eigenvalue weighted by atomic mass is 10.3. The van der Waals surface area contributed by atoms with Crippen LogP contribution in [0.5, 0.6) is 0 Å². The first-order chi connectivity index (χ1) is 13.3. The number of aryl methyl sites for hydroxylation is 2. The number of para-hydroxylation sites is 1. The van der Waals surface area contributed by atoms with Gasteiger partial charge >= 0.3 is 0 Å². The lowest BCUT2D eigenvalue weighted by molar-refractivity contribution is -0.118. The number of carbonyl (C=O) groups is 1. The number of rotatable bonds is 8. The molecule has 0 bridgehead atoms. The summed E-state index contributed by atoms with van der Waals surface area (Å²) in [5.74, 6) is 1.35. The third-order valence-electron chi connectivity index (χ3n) is 3.71. The number of amides is 1. The van der Waals surface area contributed by atoms with Crippen molar-refractivity contribution in [3.8, 4) is 0 Å². The van der Waals surface area contributed by atoms with Gasteiger partial charge in [-0.25, -0.2) is 4.98 Å². The topological polar surface area (TPSA) is 94.0 Å². The average Bonchev–Trinajstić information content (AvgIpc) is 3.43. The second-order valence-electron chi connectivity index (χ2n) is 5.68. The summed E-state index contributed by atoms with van der Waals surface area (Å²) in [5.41, 5.74) is 1.01. The van der Waals surface area contributed by atoms with Gasteiger partial charge in [-0.05, 0) is 24.3 Å². The van der Waals surface area contributed by atoms with E-state index in [-0.39, 0.29) is 11.7 Å². The minimum atomic E-state index is -0.120. The first kappa shape index (κ1) is 17.7. The van der Waals surface area contributed by atoms with Crippen molar-refractivity contribution < 1.29 is 13.6 Å². The Hall–Kier alpha value is -2.65. The highest BCUT2D eigenvalue weighted by atomic mass is 32.2. The fourth-order valence-electron chi connectivity index (χ4n) is 2.42. The fraction of sp³-hybridized carbons (Fsp3) is 0.222. The number of hydrogen-bond acceptors (Lipinski definition) is 8. The van der Waals surface area contributed by atoms with Crippen molar-refractivity contribution >= 4 is 39.2 Å². The Balaban J connectivity index is 1.24. The number of benzene rings is 1. The second kappa shape index (κ2) is 8.36. The molecule has 138 valence electrons. The van der Waals surface area contributed by atoms with Gasteiger partial charge in [0.2, 0.25) is 11.8 Å². The zero-order chi connectivity index (χ0) is 18.5. The van der Waals surface area contributed by atoms with Crippen LogP contribution >= 0.6 is 23.1 Å². The Kier molecular flexibility index (Phi) is 5.50. The SMILES string of the molecule is O=C(CSc1nnc(CCc2nc3ccccc3s2)o1)NCc1ccco1. The smallest absolute Gasteiger partial charge is 0.277 e. The summed E-state index contributed by atoms with van der Waals surface area (Å²) in [6.45, 7) is 0.365. The van der Waals surface area contributed by atoms with Crippen LogP contribution < -0.4 is 5.32 Å². The zero-order valence-corrected chi connectivity index (χ0v) is 15.9. The van der Waals surface area contributed by atoms with E-state index in [9.17, 15) is 4.79 Å². The lowest BCUT2D eigenvalue weighted by Crippen LogP contribution is -2.24. The van der Waals surface area contributed by atoms with Crippen LogP contribution in [0, 0.1) is 0 Å². The molecule has 0 unspecified atom stereocenters. The number of fused-ring (bicyclic) bond motifs is 1. The molecular formula is C18H16N4O3S2. The normalized spacial score (nSPS) is 11.1. The van der Waals surface area contributed by atoms with Crippen LogP contribution in [-0.2, 0) is 24.2 Å². The van der Waals surface area contributed by atoms with Crippen molar-refractivity contribution in [3.05, 3.63) is 59.3 Å². The molecule has 0 aliphatic heterocycles. The number of thiazole rings is 1. The highest BCUT2D eigenvalue weighted by Crippen LogP contribution is 2.23. The number of nitrogens with zero attached hydrogens (tertiary/aromatic N) is 3. The molecule has 0 atom stereocenters. The van der Waals surface area contributed by atoms with E-state index < -0.39 is 0 Å². The molecule has 3 aromatic heterocycles. The van der Waals surface area contributed by atoms with Gasteiger partial charge in [0.05, 0.1) is 33.8 Å². The number of thioether (sulfide) groups is 1. The van der Waals surface area contributed by atoms with Gasteiger partial charge in [-0.1, -0.05) is 23.9 Å². The van der Waals surface area contributed by atoms with E-state index >= 15 is 0 Å². The van der Waals surface area contributed by atoms with Crippen molar-refractivity contribution in [3.63, 3.8) is 0 Å². The van der Waals surface area contributed by atoms with Gasteiger partial charge in [0.25, 0.3) is 5.22 Å². The van der Waals surface area contributed by atoms with Crippen molar-refractivity contribution in [1.29, 1.82) is 0 Å². The van der Waals surface area contributed by atoms with Gasteiger partial charge in [-0.3, -0.25) is 4.79 Å². The summed E-state index contributed by atoms with van der Waals surface area (Å²) in [6, 6.07) is 11.7. The molecule has 1 N–H and O–H groups in total. The quantitative estimate of drug-likeness (QED) is 0.453. The van der Waals surface area contributed by atoms with Gasteiger partial charge in [0.1, 0.15) is 5.76 Å². The summed E-state index contributed by atoms with van der Waals surface area (Å²) in [6.07, 6.45) is 2.94. The Morgan fingerprint density at radius 3 is 2.93 bits per heavy atom. The third kappa shape index (κ3) is 4.75. The molecule has 27 heavy (non-hydrogen) atoms. The average molecular weight is 400 g/mol. The van der Waals surface area contributed by atoms with Crippen molar-refractivity contribution in [2.75, 3.05) is 5.75 Å². The molecule has 0 saturated carbocycles. The highest BCUT2D eigenvalue weighted by molar-refractivity contribution is 7.99. The van der Waals surface area contributed by atoms with Crippen molar-refractivity contribution in [1.82, 2.24) is 20.5 Å². The van der Waals surface area contributed by atoms with Crippen LogP contribution in [0.3, 0.4) is 0 Å². The predicted molar refractivity (Wildman–Crippen MR) is 103 cm³/mol. The number of nitrogens with one attached hydrogen (secondary N) is 1. The maximum absolute atomic E-state index is 11.8. The standard InChI is InChI=1S/C18H16N4O3S2/c23-15(19-10-12-4-3-9-24-12)11-26-18-22-21-16(25-18)7-8-17-20-13-5-1-2-6-14(13)27-17/h1-6,9H,7-8,10-11H2,(H,19,23). The van der Waals surface area contributed by atoms with Gasteiger partial charge in [-0.15, -0.1) is 21.5 Å². The first-order valence-electron chi connectivity index (χ1n) is 8.35. The molecule has 0 aliphatic carbocycles. The molecule has 3 heterocycles. The fourth-order valence-corrected chi connectivity index (χ4v) is 3.99. The van der Waals surface area contributed by atoms with Gasteiger partial charge in [0.15, 0.2) is 0 Å². The summed E-state index contributed by atoms with van der Waals surface area (Å²) in [7, 11) is 0. The minimum Gasteiger partial charge on any atom is -0.467 e.